The molecule has 0 saturated carbocycles. The lowest BCUT2D eigenvalue weighted by Gasteiger charge is -1.94. The van der Waals surface area contributed by atoms with E-state index in [4.69, 9.17) is 4.42 Å². The van der Waals surface area contributed by atoms with Gasteiger partial charge in [0.1, 0.15) is 0 Å². The molecule has 17 heavy (non-hydrogen) atoms. The number of nitro benzene ring substituents is 1. The standard InChI is InChI=1S/C10H9N3O3S/c1-2-17-10-12-11-9(16-10)7-4-3-5-8(6-7)13(14)15/h3-6H,2H2,1H3. The molecule has 0 radical (unpaired) electrons. The van der Waals surface area contributed by atoms with E-state index in [1.54, 1.807) is 12.1 Å². The summed E-state index contributed by atoms with van der Waals surface area (Å²) in [6.07, 6.45) is 0. The van der Waals surface area contributed by atoms with E-state index in [0.29, 0.717) is 16.7 Å². The summed E-state index contributed by atoms with van der Waals surface area (Å²) in [5.74, 6) is 1.13. The molecule has 6 nitrogen and oxygen atoms in total. The second-order valence-electron chi connectivity index (χ2n) is 3.11. The zero-order valence-corrected chi connectivity index (χ0v) is 9.81. The van der Waals surface area contributed by atoms with Crippen LogP contribution in [0, 0.1) is 10.1 Å². The van der Waals surface area contributed by atoms with Crippen molar-refractivity contribution in [3.05, 3.63) is 34.4 Å². The molecule has 0 aliphatic heterocycles. The first-order chi connectivity index (χ1) is 8.20. The summed E-state index contributed by atoms with van der Waals surface area (Å²) in [5.41, 5.74) is 0.556. The normalized spacial score (nSPS) is 10.4. The first kappa shape index (κ1) is 11.6. The lowest BCUT2D eigenvalue weighted by molar-refractivity contribution is -0.384. The van der Waals surface area contributed by atoms with E-state index in [9.17, 15) is 10.1 Å². The van der Waals surface area contributed by atoms with Gasteiger partial charge in [-0.05, 0) is 11.8 Å². The van der Waals surface area contributed by atoms with Crippen LogP contribution in [0.2, 0.25) is 0 Å². The minimum Gasteiger partial charge on any atom is -0.411 e. The summed E-state index contributed by atoms with van der Waals surface area (Å²) in [4.78, 5) is 10.2. The first-order valence-corrected chi connectivity index (χ1v) is 5.90. The largest absolute Gasteiger partial charge is 0.411 e. The molecule has 0 atom stereocenters. The number of nitro groups is 1. The smallest absolute Gasteiger partial charge is 0.276 e. The Hall–Kier alpha value is -1.89. The van der Waals surface area contributed by atoms with Gasteiger partial charge in [-0.3, -0.25) is 10.1 Å². The molecule has 88 valence electrons. The van der Waals surface area contributed by atoms with Crippen LogP contribution in [0.15, 0.2) is 33.9 Å². The highest BCUT2D eigenvalue weighted by atomic mass is 32.2. The van der Waals surface area contributed by atoms with Gasteiger partial charge in [0.2, 0.25) is 5.89 Å². The van der Waals surface area contributed by atoms with Crippen molar-refractivity contribution in [3.63, 3.8) is 0 Å². The third-order valence-electron chi connectivity index (χ3n) is 1.98. The number of rotatable bonds is 4. The molecule has 2 aromatic rings. The zero-order valence-electron chi connectivity index (χ0n) is 8.99. The molecule has 0 aliphatic carbocycles. The highest BCUT2D eigenvalue weighted by Gasteiger charge is 2.12. The molecule has 0 amide bonds. The van der Waals surface area contributed by atoms with Crippen molar-refractivity contribution >= 4 is 17.4 Å². The summed E-state index contributed by atoms with van der Waals surface area (Å²) < 4.78 is 5.36. The second-order valence-corrected chi connectivity index (χ2v) is 4.33. The maximum atomic E-state index is 10.6. The predicted molar refractivity (Wildman–Crippen MR) is 62.8 cm³/mol. The Kier molecular flexibility index (Phi) is 3.38. The summed E-state index contributed by atoms with van der Waals surface area (Å²) in [7, 11) is 0. The average molecular weight is 251 g/mol. The van der Waals surface area contributed by atoms with Gasteiger partial charge in [0, 0.05) is 17.7 Å². The van der Waals surface area contributed by atoms with Crippen molar-refractivity contribution in [3.8, 4) is 11.5 Å². The van der Waals surface area contributed by atoms with Crippen molar-refractivity contribution in [1.82, 2.24) is 10.2 Å². The van der Waals surface area contributed by atoms with E-state index in [1.807, 2.05) is 6.92 Å². The lowest BCUT2D eigenvalue weighted by atomic mass is 10.2. The maximum absolute atomic E-state index is 10.6. The van der Waals surface area contributed by atoms with Gasteiger partial charge in [0.05, 0.1) is 4.92 Å². The van der Waals surface area contributed by atoms with Gasteiger partial charge in [-0.2, -0.15) is 0 Å². The van der Waals surface area contributed by atoms with Crippen molar-refractivity contribution in [1.29, 1.82) is 0 Å². The molecule has 1 aromatic heterocycles. The molecule has 0 saturated heterocycles. The molecule has 0 bridgehead atoms. The third kappa shape index (κ3) is 2.62. The Labute approximate surface area is 101 Å². The van der Waals surface area contributed by atoms with Crippen LogP contribution in [-0.2, 0) is 0 Å². The van der Waals surface area contributed by atoms with Gasteiger partial charge in [0.15, 0.2) is 0 Å². The van der Waals surface area contributed by atoms with E-state index in [2.05, 4.69) is 10.2 Å². The van der Waals surface area contributed by atoms with E-state index < -0.39 is 4.92 Å². The fourth-order valence-electron chi connectivity index (χ4n) is 1.26. The van der Waals surface area contributed by atoms with Crippen LogP contribution >= 0.6 is 11.8 Å². The second kappa shape index (κ2) is 4.96. The molecule has 7 heteroatoms. The Balaban J connectivity index is 2.32. The SMILES string of the molecule is CCSc1nnc(-c2cccc([N+](=O)[O-])c2)o1. The number of hydrogen-bond acceptors (Lipinski definition) is 6. The Morgan fingerprint density at radius 1 is 1.47 bits per heavy atom. The van der Waals surface area contributed by atoms with E-state index in [0.717, 1.165) is 5.75 Å². The van der Waals surface area contributed by atoms with Crippen molar-refractivity contribution in [2.75, 3.05) is 5.75 Å². The summed E-state index contributed by atoms with van der Waals surface area (Å²) in [6, 6.07) is 6.11. The van der Waals surface area contributed by atoms with Crippen LogP contribution in [-0.4, -0.2) is 20.9 Å². The topological polar surface area (TPSA) is 82.1 Å². The van der Waals surface area contributed by atoms with Gasteiger partial charge in [-0.25, -0.2) is 0 Å². The van der Waals surface area contributed by atoms with E-state index in [1.165, 1.54) is 23.9 Å². The number of thioether (sulfide) groups is 1. The number of aromatic nitrogens is 2. The van der Waals surface area contributed by atoms with Crippen molar-refractivity contribution < 1.29 is 9.34 Å². The molecule has 0 N–H and O–H groups in total. The molecular formula is C10H9N3O3S. The average Bonchev–Trinajstić information content (AvgIpc) is 2.78. The highest BCUT2D eigenvalue weighted by molar-refractivity contribution is 7.99. The van der Waals surface area contributed by atoms with Crippen molar-refractivity contribution in [2.24, 2.45) is 0 Å². The minimum atomic E-state index is -0.457. The molecule has 2 rings (SSSR count). The van der Waals surface area contributed by atoms with Gasteiger partial charge in [-0.1, -0.05) is 24.8 Å². The van der Waals surface area contributed by atoms with Crippen LogP contribution in [0.5, 0.6) is 0 Å². The van der Waals surface area contributed by atoms with Gasteiger partial charge in [-0.15, -0.1) is 10.2 Å². The molecular weight excluding hydrogens is 242 g/mol. The Morgan fingerprint density at radius 2 is 2.29 bits per heavy atom. The summed E-state index contributed by atoms with van der Waals surface area (Å²) in [6.45, 7) is 1.97. The molecule has 0 unspecified atom stereocenters. The van der Waals surface area contributed by atoms with Crippen LogP contribution < -0.4 is 0 Å². The van der Waals surface area contributed by atoms with Gasteiger partial charge < -0.3 is 4.42 Å². The lowest BCUT2D eigenvalue weighted by Crippen LogP contribution is -1.88. The molecule has 1 heterocycles. The fourth-order valence-corrected chi connectivity index (χ4v) is 1.74. The summed E-state index contributed by atoms with van der Waals surface area (Å²) >= 11 is 1.43. The molecule has 0 spiro atoms. The van der Waals surface area contributed by atoms with Gasteiger partial charge in [0.25, 0.3) is 10.9 Å². The monoisotopic (exact) mass is 251 g/mol. The zero-order chi connectivity index (χ0) is 12.3. The number of non-ortho nitro benzene ring substituents is 1. The first-order valence-electron chi connectivity index (χ1n) is 4.92. The Morgan fingerprint density at radius 3 is 3.00 bits per heavy atom. The number of nitrogens with zero attached hydrogens (tertiary/aromatic N) is 3. The predicted octanol–water partition coefficient (Wildman–Crippen LogP) is 2.76. The maximum Gasteiger partial charge on any atom is 0.276 e. The molecule has 0 fully saturated rings. The van der Waals surface area contributed by atoms with E-state index in [-0.39, 0.29) is 5.69 Å². The van der Waals surface area contributed by atoms with Crippen molar-refractivity contribution in [2.45, 2.75) is 12.1 Å². The number of benzene rings is 1. The summed E-state index contributed by atoms with van der Waals surface area (Å²) in [5, 5.41) is 18.8. The molecule has 0 aliphatic rings. The van der Waals surface area contributed by atoms with Crippen LogP contribution in [0.25, 0.3) is 11.5 Å². The molecule has 1 aromatic carbocycles. The van der Waals surface area contributed by atoms with Crippen LogP contribution in [0.3, 0.4) is 0 Å². The quantitative estimate of drug-likeness (QED) is 0.472. The van der Waals surface area contributed by atoms with Crippen LogP contribution in [0.1, 0.15) is 6.92 Å². The van der Waals surface area contributed by atoms with Gasteiger partial charge >= 0.3 is 0 Å². The fraction of sp³-hybridized carbons (Fsp3) is 0.200. The minimum absolute atomic E-state index is 0.00499. The number of hydrogen-bond donors (Lipinski definition) is 0. The Bertz CT molecular complexity index is 541. The van der Waals surface area contributed by atoms with Crippen LogP contribution in [0.4, 0.5) is 5.69 Å². The van der Waals surface area contributed by atoms with E-state index >= 15 is 0 Å². The third-order valence-corrected chi connectivity index (χ3v) is 2.68. The highest BCUT2D eigenvalue weighted by Crippen LogP contribution is 2.25.